The van der Waals surface area contributed by atoms with Gasteiger partial charge in [0.05, 0.1) is 10.9 Å². The first-order chi connectivity index (χ1) is 12.5. The van der Waals surface area contributed by atoms with Crippen molar-refractivity contribution in [2.75, 3.05) is 13.1 Å². The molecule has 2 fully saturated rings. The van der Waals surface area contributed by atoms with E-state index in [0.717, 1.165) is 31.2 Å². The number of hydrogen-bond donors (Lipinski definition) is 1. The van der Waals surface area contributed by atoms with E-state index in [2.05, 4.69) is 16.2 Å². The molecule has 1 unspecified atom stereocenters. The Morgan fingerprint density at radius 1 is 1.23 bits per heavy atom. The molecule has 1 saturated carbocycles. The predicted octanol–water partition coefficient (Wildman–Crippen LogP) is 3.41. The number of carbonyl (C=O) groups is 1. The van der Waals surface area contributed by atoms with Gasteiger partial charge in [-0.3, -0.25) is 4.79 Å². The summed E-state index contributed by atoms with van der Waals surface area (Å²) >= 11 is 1.63. The zero-order chi connectivity index (χ0) is 18.1. The molecule has 1 aromatic heterocycles. The molecule has 1 aliphatic carbocycles. The number of benzene rings is 1. The highest BCUT2D eigenvalue weighted by atomic mass is 32.2. The highest BCUT2D eigenvalue weighted by Crippen LogP contribution is 2.34. The quantitative estimate of drug-likeness (QED) is 0.822. The van der Waals surface area contributed by atoms with Crippen LogP contribution >= 0.6 is 11.3 Å². The molecule has 1 N–H and O–H groups in total. The maximum Gasteiger partial charge on any atom is 0.254 e. The fourth-order valence-electron chi connectivity index (χ4n) is 3.42. The SMILES string of the molecule is O=C(c1cccc(S(=O)(=O)NCC2CC2)c1)N1CCCC1c1ccsc1. The predicted molar refractivity (Wildman–Crippen MR) is 102 cm³/mol. The van der Waals surface area contributed by atoms with Gasteiger partial charge >= 0.3 is 0 Å². The molecular weight excluding hydrogens is 368 g/mol. The number of carbonyl (C=O) groups excluding carboxylic acids is 1. The summed E-state index contributed by atoms with van der Waals surface area (Å²) in [6.45, 7) is 1.18. The van der Waals surface area contributed by atoms with Gasteiger partial charge in [0, 0.05) is 18.7 Å². The van der Waals surface area contributed by atoms with Crippen LogP contribution in [0.1, 0.15) is 47.6 Å². The Kier molecular flexibility index (Phi) is 4.86. The number of nitrogens with one attached hydrogen (secondary N) is 1. The maximum atomic E-state index is 13.0. The Hall–Kier alpha value is -1.70. The molecule has 0 bridgehead atoms. The number of rotatable bonds is 6. The monoisotopic (exact) mass is 390 g/mol. The molecule has 1 aliphatic heterocycles. The molecule has 0 spiro atoms. The minimum atomic E-state index is -3.57. The van der Waals surface area contributed by atoms with Gasteiger partial charge in [-0.2, -0.15) is 11.3 Å². The molecule has 2 aliphatic rings. The average Bonchev–Trinajstić information content (AvgIpc) is 3.11. The van der Waals surface area contributed by atoms with Gasteiger partial charge in [-0.05, 0) is 72.2 Å². The van der Waals surface area contributed by atoms with Crippen molar-refractivity contribution in [1.82, 2.24) is 9.62 Å². The van der Waals surface area contributed by atoms with Gasteiger partial charge < -0.3 is 4.90 Å². The third-order valence-electron chi connectivity index (χ3n) is 5.09. The van der Waals surface area contributed by atoms with Crippen LogP contribution in [-0.2, 0) is 10.0 Å². The molecule has 1 aromatic carbocycles. The lowest BCUT2D eigenvalue weighted by Crippen LogP contribution is -2.31. The fourth-order valence-corrected chi connectivity index (χ4v) is 5.28. The second kappa shape index (κ2) is 7.13. The van der Waals surface area contributed by atoms with Gasteiger partial charge in [0.15, 0.2) is 0 Å². The number of hydrogen-bond acceptors (Lipinski definition) is 4. The Balaban J connectivity index is 1.54. The van der Waals surface area contributed by atoms with E-state index in [-0.39, 0.29) is 16.8 Å². The summed E-state index contributed by atoms with van der Waals surface area (Å²) in [5.41, 5.74) is 1.59. The normalized spacial score (nSPS) is 20.5. The first-order valence-corrected chi connectivity index (χ1v) is 11.4. The van der Waals surface area contributed by atoms with Gasteiger partial charge in [-0.1, -0.05) is 6.07 Å². The zero-order valence-corrected chi connectivity index (χ0v) is 16.1. The Bertz CT molecular complexity index is 889. The molecule has 26 heavy (non-hydrogen) atoms. The van der Waals surface area contributed by atoms with Crippen LogP contribution < -0.4 is 4.72 Å². The lowest BCUT2D eigenvalue weighted by Gasteiger charge is -2.24. The topological polar surface area (TPSA) is 66.5 Å². The summed E-state index contributed by atoms with van der Waals surface area (Å²) in [6, 6.07) is 8.54. The van der Waals surface area contributed by atoms with Crippen molar-refractivity contribution in [3.63, 3.8) is 0 Å². The summed E-state index contributed by atoms with van der Waals surface area (Å²) in [6.07, 6.45) is 4.08. The van der Waals surface area contributed by atoms with Crippen LogP contribution in [0.25, 0.3) is 0 Å². The van der Waals surface area contributed by atoms with Crippen molar-refractivity contribution in [3.05, 3.63) is 52.2 Å². The number of likely N-dealkylation sites (tertiary alicyclic amines) is 1. The molecule has 0 radical (unpaired) electrons. The molecule has 138 valence electrons. The first kappa shape index (κ1) is 17.7. The van der Waals surface area contributed by atoms with E-state index in [9.17, 15) is 13.2 Å². The smallest absolute Gasteiger partial charge is 0.254 e. The average molecular weight is 391 g/mol. The summed E-state index contributed by atoms with van der Waals surface area (Å²) < 4.78 is 27.6. The van der Waals surface area contributed by atoms with Crippen molar-refractivity contribution in [3.8, 4) is 0 Å². The lowest BCUT2D eigenvalue weighted by molar-refractivity contribution is 0.0735. The minimum absolute atomic E-state index is 0.0852. The summed E-state index contributed by atoms with van der Waals surface area (Å²) in [5.74, 6) is 0.364. The molecule has 1 atom stereocenters. The van der Waals surface area contributed by atoms with Crippen LogP contribution in [0.3, 0.4) is 0 Å². The zero-order valence-electron chi connectivity index (χ0n) is 14.4. The van der Waals surface area contributed by atoms with Gasteiger partial charge in [0.2, 0.25) is 10.0 Å². The van der Waals surface area contributed by atoms with E-state index < -0.39 is 10.0 Å². The third kappa shape index (κ3) is 3.70. The highest BCUT2D eigenvalue weighted by Gasteiger charge is 2.31. The number of thiophene rings is 1. The summed E-state index contributed by atoms with van der Waals surface area (Å²) in [4.78, 5) is 15.1. The van der Waals surface area contributed by atoms with Crippen molar-refractivity contribution < 1.29 is 13.2 Å². The van der Waals surface area contributed by atoms with Gasteiger partial charge in [-0.15, -0.1) is 0 Å². The lowest BCUT2D eigenvalue weighted by atomic mass is 10.1. The number of nitrogens with zero attached hydrogens (tertiary/aromatic N) is 1. The third-order valence-corrected chi connectivity index (χ3v) is 7.21. The van der Waals surface area contributed by atoms with Crippen LogP contribution in [0.5, 0.6) is 0 Å². The van der Waals surface area contributed by atoms with E-state index in [0.29, 0.717) is 24.6 Å². The minimum Gasteiger partial charge on any atom is -0.332 e. The molecule has 7 heteroatoms. The highest BCUT2D eigenvalue weighted by molar-refractivity contribution is 7.89. The Labute approximate surface area is 158 Å². The van der Waals surface area contributed by atoms with Crippen molar-refractivity contribution in [1.29, 1.82) is 0 Å². The first-order valence-electron chi connectivity index (χ1n) is 8.97. The van der Waals surface area contributed by atoms with Crippen LogP contribution in [-0.4, -0.2) is 32.3 Å². The molecule has 5 nitrogen and oxygen atoms in total. The standard InChI is InChI=1S/C19H22N2O3S2/c22-19(21-9-2-5-18(21)16-8-10-25-13-16)15-3-1-4-17(11-15)26(23,24)20-12-14-6-7-14/h1,3-4,8,10-11,13-14,18,20H,2,5-7,9,12H2. The number of sulfonamides is 1. The van der Waals surface area contributed by atoms with E-state index in [4.69, 9.17) is 0 Å². The second-order valence-electron chi connectivity index (χ2n) is 7.04. The van der Waals surface area contributed by atoms with Crippen LogP contribution in [0.4, 0.5) is 0 Å². The molecule has 2 aromatic rings. The van der Waals surface area contributed by atoms with Gasteiger partial charge in [0.1, 0.15) is 0 Å². The molecule has 1 amide bonds. The number of amides is 1. The van der Waals surface area contributed by atoms with Gasteiger partial charge in [0.25, 0.3) is 5.91 Å². The largest absolute Gasteiger partial charge is 0.332 e. The van der Waals surface area contributed by atoms with Crippen molar-refractivity contribution >= 4 is 27.3 Å². The van der Waals surface area contributed by atoms with Crippen LogP contribution in [0.15, 0.2) is 46.0 Å². The second-order valence-corrected chi connectivity index (χ2v) is 9.58. The summed E-state index contributed by atoms with van der Waals surface area (Å²) in [5, 5.41) is 4.11. The molecule has 2 heterocycles. The van der Waals surface area contributed by atoms with E-state index in [1.165, 1.54) is 6.07 Å². The van der Waals surface area contributed by atoms with Gasteiger partial charge in [-0.25, -0.2) is 13.1 Å². The van der Waals surface area contributed by atoms with Crippen LogP contribution in [0, 0.1) is 5.92 Å². The Morgan fingerprint density at radius 2 is 2.08 bits per heavy atom. The summed E-state index contributed by atoms with van der Waals surface area (Å²) in [7, 11) is -3.57. The van der Waals surface area contributed by atoms with E-state index in [1.807, 2.05) is 10.3 Å². The van der Waals surface area contributed by atoms with E-state index in [1.54, 1.807) is 29.5 Å². The maximum absolute atomic E-state index is 13.0. The fraction of sp³-hybridized carbons (Fsp3) is 0.421. The van der Waals surface area contributed by atoms with E-state index >= 15 is 0 Å². The molecule has 4 rings (SSSR count). The molecule has 1 saturated heterocycles. The molecular formula is C19H22N2O3S2. The van der Waals surface area contributed by atoms with Crippen LogP contribution in [0.2, 0.25) is 0 Å². The Morgan fingerprint density at radius 3 is 2.81 bits per heavy atom. The van der Waals surface area contributed by atoms with Crippen molar-refractivity contribution in [2.45, 2.75) is 36.6 Å². The van der Waals surface area contributed by atoms with Crippen molar-refractivity contribution in [2.24, 2.45) is 5.92 Å².